The van der Waals surface area contributed by atoms with Crippen molar-refractivity contribution in [3.8, 4) is 0 Å². The van der Waals surface area contributed by atoms with Crippen LogP contribution in [0, 0.1) is 0 Å². The molecule has 2 aromatic carbocycles. The zero-order chi connectivity index (χ0) is 17.6. The van der Waals surface area contributed by atoms with Gasteiger partial charge in [0.15, 0.2) is 5.11 Å². The van der Waals surface area contributed by atoms with E-state index in [1.54, 1.807) is 24.3 Å². The molecule has 2 aromatic rings. The Morgan fingerprint density at radius 3 is 2.44 bits per heavy atom. The van der Waals surface area contributed by atoms with Crippen LogP contribution in [0.2, 0.25) is 5.02 Å². The van der Waals surface area contributed by atoms with Gasteiger partial charge in [0.2, 0.25) is 0 Å². The smallest absolute Gasteiger partial charge is 0.258 e. The van der Waals surface area contributed by atoms with Crippen molar-refractivity contribution in [2.24, 2.45) is 0 Å². The van der Waals surface area contributed by atoms with Gasteiger partial charge in [-0.15, -0.1) is 0 Å². The van der Waals surface area contributed by atoms with Gasteiger partial charge in [-0.05, 0) is 68.0 Å². The number of likely N-dealkylation sites (tertiary alicyclic amines) is 1. The third kappa shape index (κ3) is 5.01. The molecule has 0 atom stereocenters. The predicted molar refractivity (Wildman–Crippen MR) is 106 cm³/mol. The Labute approximate surface area is 158 Å². The van der Waals surface area contributed by atoms with Crippen LogP contribution in [0.4, 0.5) is 5.69 Å². The Morgan fingerprint density at radius 2 is 1.76 bits per heavy atom. The number of carbonyl (C=O) groups excluding carboxylic acids is 1. The molecule has 0 radical (unpaired) electrons. The van der Waals surface area contributed by atoms with Crippen LogP contribution >= 0.6 is 23.8 Å². The predicted octanol–water partition coefficient (Wildman–Crippen LogP) is 4.06. The molecule has 1 saturated heterocycles. The van der Waals surface area contributed by atoms with Gasteiger partial charge in [0.25, 0.3) is 5.91 Å². The van der Waals surface area contributed by atoms with Gasteiger partial charge >= 0.3 is 0 Å². The molecule has 1 fully saturated rings. The summed E-state index contributed by atoms with van der Waals surface area (Å²) in [4.78, 5) is 14.6. The highest BCUT2D eigenvalue weighted by atomic mass is 35.5. The molecular formula is C19H20ClN3OS. The Bertz CT molecular complexity index is 758. The van der Waals surface area contributed by atoms with Crippen molar-refractivity contribution < 1.29 is 4.79 Å². The van der Waals surface area contributed by atoms with E-state index in [9.17, 15) is 4.79 Å². The number of halogens is 1. The molecule has 25 heavy (non-hydrogen) atoms. The molecule has 1 aliphatic rings. The average Bonchev–Trinajstić information content (AvgIpc) is 3.10. The molecule has 1 amide bonds. The molecule has 2 N–H and O–H groups in total. The van der Waals surface area contributed by atoms with Gasteiger partial charge in [0.05, 0.1) is 10.6 Å². The van der Waals surface area contributed by atoms with Crippen LogP contribution in [0.15, 0.2) is 48.5 Å². The minimum Gasteiger partial charge on any atom is -0.332 e. The van der Waals surface area contributed by atoms with E-state index < -0.39 is 0 Å². The maximum Gasteiger partial charge on any atom is 0.258 e. The first-order valence-electron chi connectivity index (χ1n) is 8.30. The second-order valence-electron chi connectivity index (χ2n) is 6.07. The zero-order valence-electron chi connectivity index (χ0n) is 13.8. The molecule has 1 aliphatic heterocycles. The quantitative estimate of drug-likeness (QED) is 0.793. The molecule has 1 heterocycles. The van der Waals surface area contributed by atoms with E-state index in [1.165, 1.54) is 31.5 Å². The Balaban J connectivity index is 1.54. The number of hydrogen-bond donors (Lipinski definition) is 2. The van der Waals surface area contributed by atoms with Crippen molar-refractivity contribution in [1.82, 2.24) is 10.2 Å². The maximum absolute atomic E-state index is 12.2. The van der Waals surface area contributed by atoms with Crippen LogP contribution in [-0.4, -0.2) is 29.0 Å². The fourth-order valence-corrected chi connectivity index (χ4v) is 3.30. The summed E-state index contributed by atoms with van der Waals surface area (Å²) in [6.07, 6.45) is 2.58. The third-order valence-corrected chi connectivity index (χ3v) is 4.70. The summed E-state index contributed by atoms with van der Waals surface area (Å²) in [5.41, 5.74) is 2.52. The van der Waals surface area contributed by atoms with Gasteiger partial charge in [-0.2, -0.15) is 0 Å². The van der Waals surface area contributed by atoms with E-state index in [0.717, 1.165) is 12.2 Å². The molecule has 0 bridgehead atoms. The van der Waals surface area contributed by atoms with Gasteiger partial charge in [-0.1, -0.05) is 35.9 Å². The lowest BCUT2D eigenvalue weighted by Crippen LogP contribution is -2.34. The fraction of sp³-hybridized carbons (Fsp3) is 0.263. The Hall–Kier alpha value is -1.95. The molecular weight excluding hydrogens is 354 g/mol. The highest BCUT2D eigenvalue weighted by Crippen LogP contribution is 2.16. The summed E-state index contributed by atoms with van der Waals surface area (Å²) < 4.78 is 0. The summed E-state index contributed by atoms with van der Waals surface area (Å²) in [6, 6.07) is 15.0. The molecule has 0 spiro atoms. The molecule has 4 nitrogen and oxygen atoms in total. The van der Waals surface area contributed by atoms with Crippen LogP contribution in [0.3, 0.4) is 0 Å². The number of hydrogen-bond acceptors (Lipinski definition) is 3. The van der Waals surface area contributed by atoms with Gasteiger partial charge in [-0.25, -0.2) is 0 Å². The van der Waals surface area contributed by atoms with Crippen LogP contribution < -0.4 is 10.6 Å². The molecule has 0 unspecified atom stereocenters. The number of benzene rings is 2. The second-order valence-corrected chi connectivity index (χ2v) is 6.88. The third-order valence-electron chi connectivity index (χ3n) is 4.16. The molecule has 130 valence electrons. The van der Waals surface area contributed by atoms with Gasteiger partial charge in [0, 0.05) is 12.2 Å². The second kappa shape index (κ2) is 8.43. The Kier molecular flexibility index (Phi) is 6.02. The molecule has 0 saturated carbocycles. The van der Waals surface area contributed by atoms with Gasteiger partial charge in [0.1, 0.15) is 0 Å². The summed E-state index contributed by atoms with van der Waals surface area (Å²) in [6.45, 7) is 3.34. The number of nitrogens with one attached hydrogen (secondary N) is 2. The number of nitrogens with zero attached hydrogens (tertiary/aromatic N) is 1. The number of amides is 1. The van der Waals surface area contributed by atoms with Crippen LogP contribution in [0.25, 0.3) is 0 Å². The lowest BCUT2D eigenvalue weighted by atomic mass is 10.2. The monoisotopic (exact) mass is 373 g/mol. The fourth-order valence-electron chi connectivity index (χ4n) is 2.87. The van der Waals surface area contributed by atoms with E-state index in [-0.39, 0.29) is 11.0 Å². The largest absolute Gasteiger partial charge is 0.332 e. The van der Waals surface area contributed by atoms with Crippen LogP contribution in [-0.2, 0) is 6.54 Å². The summed E-state index contributed by atoms with van der Waals surface area (Å²) in [7, 11) is 0. The number of anilines is 1. The first-order valence-corrected chi connectivity index (χ1v) is 9.08. The Morgan fingerprint density at radius 1 is 1.08 bits per heavy atom. The lowest BCUT2D eigenvalue weighted by molar-refractivity contribution is 0.0978. The highest BCUT2D eigenvalue weighted by Gasteiger charge is 2.12. The van der Waals surface area contributed by atoms with Gasteiger partial charge < -0.3 is 5.32 Å². The van der Waals surface area contributed by atoms with Crippen molar-refractivity contribution in [2.75, 3.05) is 18.4 Å². The molecule has 0 aromatic heterocycles. The highest BCUT2D eigenvalue weighted by molar-refractivity contribution is 7.80. The van der Waals surface area contributed by atoms with Gasteiger partial charge in [-0.3, -0.25) is 15.0 Å². The topological polar surface area (TPSA) is 44.4 Å². The molecule has 0 aliphatic carbocycles. The SMILES string of the molecule is O=C(NC(=S)Nc1ccc(CN2CCCC2)cc1)c1ccccc1Cl. The van der Waals surface area contributed by atoms with E-state index >= 15 is 0 Å². The van der Waals surface area contributed by atoms with Crippen molar-refractivity contribution in [3.05, 3.63) is 64.7 Å². The standard InChI is InChI=1S/C19H20ClN3OS/c20-17-6-2-1-5-16(17)18(24)22-19(25)21-15-9-7-14(8-10-15)13-23-11-3-4-12-23/h1-2,5-10H,3-4,11-13H2,(H2,21,22,24,25). The number of rotatable bonds is 4. The zero-order valence-corrected chi connectivity index (χ0v) is 15.4. The summed E-state index contributed by atoms with van der Waals surface area (Å²) in [5, 5.41) is 6.32. The number of thiocarbonyl (C=S) groups is 1. The minimum atomic E-state index is -0.325. The van der Waals surface area contributed by atoms with Crippen molar-refractivity contribution in [2.45, 2.75) is 19.4 Å². The minimum absolute atomic E-state index is 0.247. The van der Waals surface area contributed by atoms with E-state index in [0.29, 0.717) is 10.6 Å². The molecule has 6 heteroatoms. The summed E-state index contributed by atoms with van der Waals surface area (Å²) in [5.74, 6) is -0.325. The maximum atomic E-state index is 12.2. The first-order chi connectivity index (χ1) is 12.1. The van der Waals surface area contributed by atoms with Crippen molar-refractivity contribution >= 4 is 40.5 Å². The lowest BCUT2D eigenvalue weighted by Gasteiger charge is -2.15. The average molecular weight is 374 g/mol. The van der Waals surface area contributed by atoms with E-state index in [2.05, 4.69) is 27.7 Å². The first kappa shape index (κ1) is 17.9. The normalized spacial score (nSPS) is 14.3. The molecule has 3 rings (SSSR count). The number of carbonyl (C=O) groups is 1. The van der Waals surface area contributed by atoms with Crippen LogP contribution in [0.1, 0.15) is 28.8 Å². The van der Waals surface area contributed by atoms with E-state index in [1.807, 2.05) is 12.1 Å². The van der Waals surface area contributed by atoms with Crippen LogP contribution in [0.5, 0.6) is 0 Å². The van der Waals surface area contributed by atoms with Crippen molar-refractivity contribution in [1.29, 1.82) is 0 Å². The van der Waals surface area contributed by atoms with E-state index in [4.69, 9.17) is 23.8 Å². The van der Waals surface area contributed by atoms with Crippen molar-refractivity contribution in [3.63, 3.8) is 0 Å². The summed E-state index contributed by atoms with van der Waals surface area (Å²) >= 11 is 11.2.